The predicted molar refractivity (Wildman–Crippen MR) is 103 cm³/mol. The SMILES string of the molecule is CCN1CCN(c2cncc(C(=O)Nc3ccc(Cl)c(Cl)c3)c2)CC1. The molecule has 0 saturated carbocycles. The van der Waals surface area contributed by atoms with E-state index >= 15 is 0 Å². The molecule has 0 atom stereocenters. The molecule has 1 aliphatic rings. The van der Waals surface area contributed by atoms with Crippen LogP contribution in [0.2, 0.25) is 10.0 Å². The summed E-state index contributed by atoms with van der Waals surface area (Å²) in [6, 6.07) is 6.87. The Morgan fingerprint density at radius 2 is 1.88 bits per heavy atom. The molecule has 1 fully saturated rings. The van der Waals surface area contributed by atoms with E-state index in [0.717, 1.165) is 38.4 Å². The number of pyridine rings is 1. The van der Waals surface area contributed by atoms with Crippen LogP contribution in [0.25, 0.3) is 0 Å². The van der Waals surface area contributed by atoms with Crippen molar-refractivity contribution >= 4 is 40.5 Å². The van der Waals surface area contributed by atoms with Crippen molar-refractivity contribution in [3.63, 3.8) is 0 Å². The van der Waals surface area contributed by atoms with Gasteiger partial charge in [-0.15, -0.1) is 0 Å². The molecule has 7 heteroatoms. The number of carbonyl (C=O) groups excluding carboxylic acids is 1. The van der Waals surface area contributed by atoms with Crippen LogP contribution in [-0.4, -0.2) is 48.5 Å². The molecule has 1 amide bonds. The second kappa shape index (κ2) is 8.04. The Balaban J connectivity index is 1.70. The second-order valence-electron chi connectivity index (χ2n) is 5.94. The van der Waals surface area contributed by atoms with Crippen molar-refractivity contribution in [2.45, 2.75) is 6.92 Å². The molecule has 0 aliphatic carbocycles. The van der Waals surface area contributed by atoms with Crippen LogP contribution in [0.4, 0.5) is 11.4 Å². The van der Waals surface area contributed by atoms with Gasteiger partial charge < -0.3 is 15.1 Å². The number of rotatable bonds is 4. The summed E-state index contributed by atoms with van der Waals surface area (Å²) in [4.78, 5) is 21.4. The van der Waals surface area contributed by atoms with E-state index in [-0.39, 0.29) is 5.91 Å². The number of nitrogens with zero attached hydrogens (tertiary/aromatic N) is 3. The van der Waals surface area contributed by atoms with Crippen LogP contribution >= 0.6 is 23.2 Å². The highest BCUT2D eigenvalue weighted by molar-refractivity contribution is 6.42. The molecule has 1 aromatic carbocycles. The van der Waals surface area contributed by atoms with E-state index in [1.54, 1.807) is 30.6 Å². The van der Waals surface area contributed by atoms with E-state index in [4.69, 9.17) is 23.2 Å². The van der Waals surface area contributed by atoms with Crippen LogP contribution < -0.4 is 10.2 Å². The Bertz CT molecular complexity index is 760. The van der Waals surface area contributed by atoms with Crippen molar-refractivity contribution in [3.05, 3.63) is 52.3 Å². The first kappa shape index (κ1) is 18.0. The fourth-order valence-corrected chi connectivity index (χ4v) is 3.12. The summed E-state index contributed by atoms with van der Waals surface area (Å²) >= 11 is 11.9. The topological polar surface area (TPSA) is 48.5 Å². The van der Waals surface area contributed by atoms with Crippen LogP contribution in [0.5, 0.6) is 0 Å². The highest BCUT2D eigenvalue weighted by Gasteiger charge is 2.17. The van der Waals surface area contributed by atoms with Gasteiger partial charge in [-0.3, -0.25) is 9.78 Å². The lowest BCUT2D eigenvalue weighted by Crippen LogP contribution is -2.46. The van der Waals surface area contributed by atoms with Gasteiger partial charge in [0.25, 0.3) is 5.91 Å². The van der Waals surface area contributed by atoms with Crippen LogP contribution in [0.15, 0.2) is 36.7 Å². The van der Waals surface area contributed by atoms with Gasteiger partial charge in [0.1, 0.15) is 0 Å². The maximum atomic E-state index is 12.5. The molecule has 1 aromatic heterocycles. The molecular weight excluding hydrogens is 359 g/mol. The standard InChI is InChI=1S/C18H20Cl2N4O/c1-2-23-5-7-24(8-6-23)15-9-13(11-21-12-15)18(25)22-14-3-4-16(19)17(20)10-14/h3-4,9-12H,2,5-8H2,1H3,(H,22,25). The van der Waals surface area contributed by atoms with Crippen molar-refractivity contribution in [1.82, 2.24) is 9.88 Å². The number of halogens is 2. The van der Waals surface area contributed by atoms with Gasteiger partial charge in [0.2, 0.25) is 0 Å². The van der Waals surface area contributed by atoms with Crippen molar-refractivity contribution in [2.24, 2.45) is 0 Å². The van der Waals surface area contributed by atoms with Gasteiger partial charge in [-0.25, -0.2) is 0 Å². The minimum Gasteiger partial charge on any atom is -0.368 e. The third kappa shape index (κ3) is 4.42. The van der Waals surface area contributed by atoms with Crippen LogP contribution in [0.1, 0.15) is 17.3 Å². The number of likely N-dealkylation sites (N-methyl/N-ethyl adjacent to an activating group) is 1. The minimum absolute atomic E-state index is 0.222. The number of hydrogen-bond acceptors (Lipinski definition) is 4. The largest absolute Gasteiger partial charge is 0.368 e. The van der Waals surface area contributed by atoms with E-state index in [2.05, 4.69) is 27.0 Å². The van der Waals surface area contributed by atoms with Gasteiger partial charge in [0.05, 0.1) is 27.5 Å². The zero-order valence-corrected chi connectivity index (χ0v) is 15.5. The Kier molecular flexibility index (Phi) is 5.78. The molecule has 0 radical (unpaired) electrons. The zero-order chi connectivity index (χ0) is 17.8. The maximum Gasteiger partial charge on any atom is 0.257 e. The first-order valence-electron chi connectivity index (χ1n) is 8.25. The molecule has 2 heterocycles. The number of amides is 1. The van der Waals surface area contributed by atoms with E-state index in [0.29, 0.717) is 21.3 Å². The second-order valence-corrected chi connectivity index (χ2v) is 6.75. The van der Waals surface area contributed by atoms with E-state index < -0.39 is 0 Å². The number of aromatic nitrogens is 1. The first-order chi connectivity index (χ1) is 12.1. The first-order valence-corrected chi connectivity index (χ1v) is 9.01. The summed E-state index contributed by atoms with van der Waals surface area (Å²) in [5.41, 5.74) is 2.08. The maximum absolute atomic E-state index is 12.5. The molecule has 1 N–H and O–H groups in total. The number of piperazine rings is 1. The van der Waals surface area contributed by atoms with Gasteiger partial charge in [-0.1, -0.05) is 30.1 Å². The monoisotopic (exact) mass is 378 g/mol. The average Bonchev–Trinajstić information content (AvgIpc) is 2.65. The molecule has 0 spiro atoms. The molecule has 0 bridgehead atoms. The molecular formula is C18H20Cl2N4O. The fourth-order valence-electron chi connectivity index (χ4n) is 2.82. The molecule has 3 rings (SSSR count). The average molecular weight is 379 g/mol. The molecule has 1 saturated heterocycles. The lowest BCUT2D eigenvalue weighted by molar-refractivity contribution is 0.102. The Hall–Kier alpha value is -1.82. The van der Waals surface area contributed by atoms with Crippen molar-refractivity contribution in [1.29, 1.82) is 0 Å². The van der Waals surface area contributed by atoms with Gasteiger partial charge in [0, 0.05) is 38.1 Å². The number of hydrogen-bond donors (Lipinski definition) is 1. The number of carbonyl (C=O) groups is 1. The molecule has 132 valence electrons. The third-order valence-corrected chi connectivity index (χ3v) is 5.09. The molecule has 0 unspecified atom stereocenters. The van der Waals surface area contributed by atoms with Crippen molar-refractivity contribution in [2.75, 3.05) is 42.9 Å². The van der Waals surface area contributed by atoms with Gasteiger partial charge in [-0.2, -0.15) is 0 Å². The molecule has 5 nitrogen and oxygen atoms in total. The van der Waals surface area contributed by atoms with Crippen molar-refractivity contribution in [3.8, 4) is 0 Å². The van der Waals surface area contributed by atoms with Gasteiger partial charge in [-0.05, 0) is 30.8 Å². The summed E-state index contributed by atoms with van der Waals surface area (Å²) in [5.74, 6) is -0.222. The Labute approximate surface area is 157 Å². The Morgan fingerprint density at radius 1 is 1.12 bits per heavy atom. The molecule has 1 aliphatic heterocycles. The van der Waals surface area contributed by atoms with Crippen molar-refractivity contribution < 1.29 is 4.79 Å². The smallest absolute Gasteiger partial charge is 0.257 e. The number of anilines is 2. The van der Waals surface area contributed by atoms with E-state index in [1.165, 1.54) is 0 Å². The number of nitrogens with one attached hydrogen (secondary N) is 1. The van der Waals surface area contributed by atoms with E-state index in [1.807, 2.05) is 6.07 Å². The van der Waals surface area contributed by atoms with Crippen LogP contribution in [-0.2, 0) is 0 Å². The highest BCUT2D eigenvalue weighted by atomic mass is 35.5. The predicted octanol–water partition coefficient (Wildman–Crippen LogP) is 3.78. The van der Waals surface area contributed by atoms with E-state index in [9.17, 15) is 4.79 Å². The van der Waals surface area contributed by atoms with Gasteiger partial charge >= 0.3 is 0 Å². The molecule has 2 aromatic rings. The van der Waals surface area contributed by atoms with Gasteiger partial charge in [0.15, 0.2) is 0 Å². The lowest BCUT2D eigenvalue weighted by Gasteiger charge is -2.35. The third-order valence-electron chi connectivity index (χ3n) is 4.35. The summed E-state index contributed by atoms with van der Waals surface area (Å²) in [6.07, 6.45) is 3.37. The lowest BCUT2D eigenvalue weighted by atomic mass is 10.2. The minimum atomic E-state index is -0.222. The fraction of sp³-hybridized carbons (Fsp3) is 0.333. The summed E-state index contributed by atoms with van der Waals surface area (Å²) < 4.78 is 0. The quantitative estimate of drug-likeness (QED) is 0.879. The normalized spacial score (nSPS) is 15.2. The summed E-state index contributed by atoms with van der Waals surface area (Å²) in [6.45, 7) is 7.16. The summed E-state index contributed by atoms with van der Waals surface area (Å²) in [7, 11) is 0. The zero-order valence-electron chi connectivity index (χ0n) is 14.0. The molecule has 25 heavy (non-hydrogen) atoms. The van der Waals surface area contributed by atoms with Crippen LogP contribution in [0.3, 0.4) is 0 Å². The highest BCUT2D eigenvalue weighted by Crippen LogP contribution is 2.25. The Morgan fingerprint density at radius 3 is 2.56 bits per heavy atom. The number of benzene rings is 1. The summed E-state index contributed by atoms with van der Waals surface area (Å²) in [5, 5.41) is 3.68. The van der Waals surface area contributed by atoms with Crippen LogP contribution in [0, 0.1) is 0 Å².